The number of thiazole rings is 1. The number of hydrogen-bond acceptors (Lipinski definition) is 6. The second-order valence-electron chi connectivity index (χ2n) is 4.81. The average molecular weight is 310 g/mol. The molecule has 0 aliphatic rings. The van der Waals surface area contributed by atoms with Crippen molar-refractivity contribution in [3.63, 3.8) is 0 Å². The molecule has 22 heavy (non-hydrogen) atoms. The zero-order valence-corrected chi connectivity index (χ0v) is 12.4. The summed E-state index contributed by atoms with van der Waals surface area (Å²) in [5, 5.41) is 0.685. The monoisotopic (exact) mass is 310 g/mol. The molecule has 6 N–H and O–H groups in total. The van der Waals surface area contributed by atoms with Crippen molar-refractivity contribution >= 4 is 34.3 Å². The first-order valence-corrected chi connectivity index (χ1v) is 7.38. The fourth-order valence-corrected chi connectivity index (χ4v) is 3.01. The van der Waals surface area contributed by atoms with Crippen LogP contribution in [0.2, 0.25) is 0 Å². The van der Waals surface area contributed by atoms with Crippen LogP contribution in [0.15, 0.2) is 48.5 Å². The summed E-state index contributed by atoms with van der Waals surface area (Å²) >= 11 is 1.26. The lowest BCUT2D eigenvalue weighted by molar-refractivity contribution is 0.104. The van der Waals surface area contributed by atoms with Crippen molar-refractivity contribution in [3.8, 4) is 10.6 Å². The lowest BCUT2D eigenvalue weighted by Crippen LogP contribution is -2.03. The Morgan fingerprint density at radius 1 is 0.955 bits per heavy atom. The highest BCUT2D eigenvalue weighted by Crippen LogP contribution is 2.31. The van der Waals surface area contributed by atoms with Crippen molar-refractivity contribution in [2.45, 2.75) is 0 Å². The maximum atomic E-state index is 12.5. The summed E-state index contributed by atoms with van der Waals surface area (Å²) in [7, 11) is 0. The van der Waals surface area contributed by atoms with Crippen LogP contribution in [0.5, 0.6) is 0 Å². The topological polar surface area (TPSA) is 108 Å². The highest BCUT2D eigenvalue weighted by Gasteiger charge is 2.18. The molecule has 0 amide bonds. The Labute approximate surface area is 131 Å². The van der Waals surface area contributed by atoms with Gasteiger partial charge in [0.25, 0.3) is 0 Å². The van der Waals surface area contributed by atoms with Gasteiger partial charge in [-0.05, 0) is 36.4 Å². The van der Waals surface area contributed by atoms with Crippen molar-refractivity contribution in [1.82, 2.24) is 4.98 Å². The number of nitrogen functional groups attached to an aromatic ring is 3. The van der Waals surface area contributed by atoms with E-state index in [0.29, 0.717) is 26.8 Å². The normalized spacial score (nSPS) is 10.5. The van der Waals surface area contributed by atoms with Gasteiger partial charge in [-0.2, -0.15) is 0 Å². The van der Waals surface area contributed by atoms with Gasteiger partial charge in [0.1, 0.15) is 15.7 Å². The number of anilines is 3. The number of carbonyl (C=O) groups excluding carboxylic acids is 1. The SMILES string of the molecule is Nc1ccc(-c2nc(N)c(C(=O)c3cccc(N)c3)s2)cc1. The van der Waals surface area contributed by atoms with E-state index in [1.807, 2.05) is 12.1 Å². The van der Waals surface area contributed by atoms with Gasteiger partial charge in [0.05, 0.1) is 0 Å². The minimum Gasteiger partial charge on any atom is -0.399 e. The van der Waals surface area contributed by atoms with Gasteiger partial charge in [0.15, 0.2) is 0 Å². The van der Waals surface area contributed by atoms with Crippen LogP contribution < -0.4 is 17.2 Å². The standard InChI is InChI=1S/C16H14N4OS/c17-11-6-4-9(5-7-11)16-20-15(19)14(22-16)13(21)10-2-1-3-12(18)8-10/h1-8H,17-19H2. The summed E-state index contributed by atoms with van der Waals surface area (Å²) in [5.74, 6) is 0.0493. The summed E-state index contributed by atoms with van der Waals surface area (Å²) in [6, 6.07) is 14.1. The van der Waals surface area contributed by atoms with Crippen molar-refractivity contribution in [1.29, 1.82) is 0 Å². The maximum Gasteiger partial charge on any atom is 0.206 e. The molecule has 0 spiro atoms. The molecule has 2 aromatic carbocycles. The summed E-state index contributed by atoms with van der Waals surface area (Å²) in [6.45, 7) is 0. The number of carbonyl (C=O) groups is 1. The van der Waals surface area contributed by atoms with Crippen LogP contribution in [0.3, 0.4) is 0 Å². The zero-order chi connectivity index (χ0) is 15.7. The van der Waals surface area contributed by atoms with Crippen LogP contribution in [0.1, 0.15) is 15.2 Å². The minimum absolute atomic E-state index is 0.177. The van der Waals surface area contributed by atoms with Gasteiger partial charge >= 0.3 is 0 Å². The fourth-order valence-electron chi connectivity index (χ4n) is 2.05. The molecule has 1 heterocycles. The van der Waals surface area contributed by atoms with Gasteiger partial charge in [0.2, 0.25) is 5.78 Å². The van der Waals surface area contributed by atoms with Gasteiger partial charge in [-0.15, -0.1) is 11.3 Å². The second kappa shape index (κ2) is 5.50. The Kier molecular flexibility index (Phi) is 3.52. The van der Waals surface area contributed by atoms with Crippen LogP contribution in [0.4, 0.5) is 17.2 Å². The quantitative estimate of drug-likeness (QED) is 0.509. The van der Waals surface area contributed by atoms with Crippen molar-refractivity contribution < 1.29 is 4.79 Å². The van der Waals surface area contributed by atoms with Crippen LogP contribution in [0.25, 0.3) is 10.6 Å². The van der Waals surface area contributed by atoms with E-state index in [1.165, 1.54) is 11.3 Å². The third-order valence-corrected chi connectivity index (χ3v) is 4.29. The van der Waals surface area contributed by atoms with E-state index in [1.54, 1.807) is 36.4 Å². The largest absolute Gasteiger partial charge is 0.399 e. The molecule has 0 bridgehead atoms. The molecule has 0 aliphatic carbocycles. The number of rotatable bonds is 3. The Balaban J connectivity index is 1.99. The van der Waals surface area contributed by atoms with Gasteiger partial charge in [-0.25, -0.2) is 4.98 Å². The lowest BCUT2D eigenvalue weighted by Gasteiger charge is -2.00. The van der Waals surface area contributed by atoms with Gasteiger partial charge in [-0.1, -0.05) is 12.1 Å². The molecule has 0 atom stereocenters. The Bertz CT molecular complexity index is 840. The highest BCUT2D eigenvalue weighted by atomic mass is 32.1. The predicted molar refractivity (Wildman–Crippen MR) is 90.7 cm³/mol. The molecular formula is C16H14N4OS. The lowest BCUT2D eigenvalue weighted by atomic mass is 10.1. The summed E-state index contributed by atoms with van der Waals surface area (Å²) in [6.07, 6.45) is 0. The van der Waals surface area contributed by atoms with Crippen molar-refractivity contribution in [2.24, 2.45) is 0 Å². The van der Waals surface area contributed by atoms with Gasteiger partial charge < -0.3 is 17.2 Å². The first-order valence-electron chi connectivity index (χ1n) is 6.57. The average Bonchev–Trinajstić information content (AvgIpc) is 2.89. The molecule has 6 heteroatoms. The van der Waals surface area contributed by atoms with Crippen LogP contribution >= 0.6 is 11.3 Å². The molecule has 3 rings (SSSR count). The molecule has 5 nitrogen and oxygen atoms in total. The summed E-state index contributed by atoms with van der Waals surface area (Å²) in [5.41, 5.74) is 19.9. The third kappa shape index (κ3) is 2.64. The number of nitrogens with zero attached hydrogens (tertiary/aromatic N) is 1. The fraction of sp³-hybridized carbons (Fsp3) is 0. The van der Waals surface area contributed by atoms with Gasteiger partial charge in [0, 0.05) is 22.5 Å². The third-order valence-electron chi connectivity index (χ3n) is 3.17. The number of hydrogen-bond donors (Lipinski definition) is 3. The van der Waals surface area contributed by atoms with Crippen molar-refractivity contribution in [3.05, 3.63) is 59.0 Å². The molecule has 3 aromatic rings. The van der Waals surface area contributed by atoms with E-state index < -0.39 is 0 Å². The molecule has 0 saturated carbocycles. The number of aromatic nitrogens is 1. The molecule has 1 aromatic heterocycles. The molecule has 0 radical (unpaired) electrons. The number of ketones is 1. The number of benzene rings is 2. The predicted octanol–water partition coefficient (Wildman–Crippen LogP) is 2.79. The van der Waals surface area contributed by atoms with Crippen LogP contribution in [0, 0.1) is 0 Å². The highest BCUT2D eigenvalue weighted by molar-refractivity contribution is 7.17. The first kappa shape index (κ1) is 14.1. The Morgan fingerprint density at radius 3 is 2.36 bits per heavy atom. The molecular weight excluding hydrogens is 296 g/mol. The van der Waals surface area contributed by atoms with Crippen LogP contribution in [-0.4, -0.2) is 10.8 Å². The molecule has 0 unspecified atom stereocenters. The van der Waals surface area contributed by atoms with E-state index in [9.17, 15) is 4.79 Å². The zero-order valence-electron chi connectivity index (χ0n) is 11.6. The molecule has 0 saturated heterocycles. The molecule has 110 valence electrons. The molecule has 0 fully saturated rings. The van der Waals surface area contributed by atoms with E-state index in [-0.39, 0.29) is 11.6 Å². The smallest absolute Gasteiger partial charge is 0.206 e. The summed E-state index contributed by atoms with van der Waals surface area (Å²) in [4.78, 5) is 17.2. The van der Waals surface area contributed by atoms with E-state index in [0.717, 1.165) is 5.56 Å². The first-order chi connectivity index (χ1) is 10.5. The number of nitrogens with two attached hydrogens (primary N) is 3. The van der Waals surface area contributed by atoms with Crippen molar-refractivity contribution in [2.75, 3.05) is 17.2 Å². The van der Waals surface area contributed by atoms with E-state index >= 15 is 0 Å². The maximum absolute atomic E-state index is 12.5. The second-order valence-corrected chi connectivity index (χ2v) is 5.81. The van der Waals surface area contributed by atoms with Gasteiger partial charge in [-0.3, -0.25) is 4.79 Å². The molecule has 0 aliphatic heterocycles. The summed E-state index contributed by atoms with van der Waals surface area (Å²) < 4.78 is 0. The van der Waals surface area contributed by atoms with Crippen LogP contribution in [-0.2, 0) is 0 Å². The van der Waals surface area contributed by atoms with E-state index in [2.05, 4.69) is 4.98 Å². The Hall–Kier alpha value is -2.86. The minimum atomic E-state index is -0.177. The van der Waals surface area contributed by atoms with E-state index in [4.69, 9.17) is 17.2 Å². The Morgan fingerprint density at radius 2 is 1.68 bits per heavy atom.